The van der Waals surface area contributed by atoms with Crippen molar-refractivity contribution in [1.82, 2.24) is 0 Å². The largest absolute Gasteiger partial charge is 0.0723 e. The van der Waals surface area contributed by atoms with E-state index in [0.717, 1.165) is 0 Å². The second-order valence-corrected chi connectivity index (χ2v) is 6.56. The molecule has 0 aromatic heterocycles. The first kappa shape index (κ1) is 16.3. The molecule has 21 heavy (non-hydrogen) atoms. The number of fused-ring (bicyclic) bond motifs is 1. The zero-order valence-corrected chi connectivity index (χ0v) is 14.1. The van der Waals surface area contributed by atoms with E-state index in [1.807, 2.05) is 0 Å². The summed E-state index contributed by atoms with van der Waals surface area (Å²) < 4.78 is 0. The summed E-state index contributed by atoms with van der Waals surface area (Å²) in [7, 11) is 0. The number of hydrogen-bond acceptors (Lipinski definition) is 0. The number of rotatable bonds is 10. The molecule has 0 amide bonds. The zero-order valence-electron chi connectivity index (χ0n) is 14.1. The zero-order chi connectivity index (χ0) is 14.9. The van der Waals surface area contributed by atoms with Gasteiger partial charge in [-0.2, -0.15) is 0 Å². The molecule has 0 aromatic carbocycles. The minimum absolute atomic E-state index is 1.19. The van der Waals surface area contributed by atoms with E-state index in [1.165, 1.54) is 76.2 Å². The van der Waals surface area contributed by atoms with Crippen LogP contribution in [-0.4, -0.2) is 0 Å². The molecule has 0 atom stereocenters. The molecule has 2 aliphatic carbocycles. The van der Waals surface area contributed by atoms with Crippen molar-refractivity contribution in [2.45, 2.75) is 84.5 Å². The Morgan fingerprint density at radius 1 is 0.810 bits per heavy atom. The van der Waals surface area contributed by atoms with Crippen molar-refractivity contribution in [1.29, 1.82) is 0 Å². The third kappa shape index (κ3) is 5.02. The summed E-state index contributed by atoms with van der Waals surface area (Å²) in [5.41, 5.74) is 6.25. The Balaban J connectivity index is 1.76. The number of unbranched alkanes of at least 4 members (excludes halogenated alkanes) is 6. The summed E-state index contributed by atoms with van der Waals surface area (Å²) in [6.45, 7) is 4.57. The molecule has 0 aliphatic heterocycles. The highest BCUT2D eigenvalue weighted by molar-refractivity contribution is 5.62. The smallest absolute Gasteiger partial charge is 0.0126 e. The molecular formula is C21H32. The minimum atomic E-state index is 1.19. The minimum Gasteiger partial charge on any atom is -0.0723 e. The first-order valence-corrected chi connectivity index (χ1v) is 9.16. The Morgan fingerprint density at radius 3 is 2.24 bits per heavy atom. The molecule has 116 valence electrons. The first-order valence-electron chi connectivity index (χ1n) is 9.16. The molecular weight excluding hydrogens is 252 g/mol. The van der Waals surface area contributed by atoms with Gasteiger partial charge in [0.2, 0.25) is 0 Å². The molecule has 0 fully saturated rings. The normalized spacial score (nSPS) is 17.0. The van der Waals surface area contributed by atoms with Crippen molar-refractivity contribution < 1.29 is 0 Å². The molecule has 0 saturated carbocycles. The fourth-order valence-corrected chi connectivity index (χ4v) is 3.36. The third-order valence-corrected chi connectivity index (χ3v) is 4.70. The van der Waals surface area contributed by atoms with Gasteiger partial charge in [-0.1, -0.05) is 82.2 Å². The Morgan fingerprint density at radius 2 is 1.52 bits per heavy atom. The lowest BCUT2D eigenvalue weighted by Crippen LogP contribution is -1.97. The molecule has 0 bridgehead atoms. The molecule has 2 rings (SSSR count). The summed E-state index contributed by atoms with van der Waals surface area (Å²) in [5, 5.41) is 0. The van der Waals surface area contributed by atoms with Crippen LogP contribution >= 0.6 is 0 Å². The van der Waals surface area contributed by atoms with E-state index in [-0.39, 0.29) is 0 Å². The quantitative estimate of drug-likeness (QED) is 0.377. The molecule has 0 aromatic rings. The van der Waals surface area contributed by atoms with Crippen LogP contribution in [-0.2, 0) is 0 Å². The SMILES string of the molecule is CCCCCCC1=CC2=CC=C(CCCCCC)C2=CC1. The summed E-state index contributed by atoms with van der Waals surface area (Å²) >= 11 is 0. The van der Waals surface area contributed by atoms with E-state index in [4.69, 9.17) is 0 Å². The van der Waals surface area contributed by atoms with Crippen LogP contribution in [0.25, 0.3) is 0 Å². The van der Waals surface area contributed by atoms with E-state index in [9.17, 15) is 0 Å². The van der Waals surface area contributed by atoms with Gasteiger partial charge in [-0.25, -0.2) is 0 Å². The van der Waals surface area contributed by atoms with Gasteiger partial charge >= 0.3 is 0 Å². The van der Waals surface area contributed by atoms with Gasteiger partial charge in [-0.3, -0.25) is 0 Å². The molecule has 0 spiro atoms. The summed E-state index contributed by atoms with van der Waals surface area (Å²) in [6.07, 6.45) is 24.3. The Bertz CT molecular complexity index is 443. The average Bonchev–Trinajstić information content (AvgIpc) is 2.91. The maximum absolute atomic E-state index is 2.49. The van der Waals surface area contributed by atoms with Crippen molar-refractivity contribution in [3.05, 3.63) is 46.6 Å². The molecule has 0 nitrogen and oxygen atoms in total. The first-order chi connectivity index (χ1) is 10.3. The standard InChI is InChI=1S/C21H32/c1-3-5-7-9-11-18-13-16-21-19(12-10-8-6-4-2)14-15-20(21)17-18/h14-17H,3-13H2,1-2H3. The van der Waals surface area contributed by atoms with Gasteiger partial charge in [0, 0.05) is 0 Å². The third-order valence-electron chi connectivity index (χ3n) is 4.70. The number of hydrogen-bond donors (Lipinski definition) is 0. The second-order valence-electron chi connectivity index (χ2n) is 6.56. The molecule has 0 N–H and O–H groups in total. The van der Waals surface area contributed by atoms with Gasteiger partial charge in [0.15, 0.2) is 0 Å². The lowest BCUT2D eigenvalue weighted by Gasteiger charge is -2.16. The van der Waals surface area contributed by atoms with Crippen LogP contribution in [0.5, 0.6) is 0 Å². The highest BCUT2D eigenvalue weighted by Crippen LogP contribution is 2.36. The van der Waals surface area contributed by atoms with Crippen LogP contribution in [0.2, 0.25) is 0 Å². The van der Waals surface area contributed by atoms with Crippen LogP contribution in [0, 0.1) is 0 Å². The van der Waals surface area contributed by atoms with Crippen LogP contribution < -0.4 is 0 Å². The maximum Gasteiger partial charge on any atom is -0.0126 e. The fraction of sp³-hybridized carbons (Fsp3) is 0.619. The van der Waals surface area contributed by atoms with Crippen molar-refractivity contribution in [2.75, 3.05) is 0 Å². The highest BCUT2D eigenvalue weighted by atomic mass is 14.2. The molecule has 0 heteroatoms. The molecule has 0 saturated heterocycles. The maximum atomic E-state index is 2.49. The molecule has 2 aliphatic rings. The highest BCUT2D eigenvalue weighted by Gasteiger charge is 2.17. The van der Waals surface area contributed by atoms with Gasteiger partial charge in [-0.05, 0) is 48.8 Å². The van der Waals surface area contributed by atoms with Gasteiger partial charge in [0.1, 0.15) is 0 Å². The lowest BCUT2D eigenvalue weighted by atomic mass is 9.89. The Hall–Kier alpha value is -1.04. The van der Waals surface area contributed by atoms with Crippen molar-refractivity contribution in [3.8, 4) is 0 Å². The lowest BCUT2D eigenvalue weighted by molar-refractivity contribution is 0.658. The summed E-state index contributed by atoms with van der Waals surface area (Å²) in [6, 6.07) is 0. The average molecular weight is 284 g/mol. The van der Waals surface area contributed by atoms with E-state index in [1.54, 1.807) is 16.7 Å². The van der Waals surface area contributed by atoms with Gasteiger partial charge in [-0.15, -0.1) is 0 Å². The van der Waals surface area contributed by atoms with Crippen LogP contribution in [0.4, 0.5) is 0 Å². The Labute approximate surface area is 131 Å². The van der Waals surface area contributed by atoms with E-state index in [0.29, 0.717) is 0 Å². The number of allylic oxidation sites excluding steroid dienone is 8. The van der Waals surface area contributed by atoms with Gasteiger partial charge in [0.25, 0.3) is 0 Å². The summed E-state index contributed by atoms with van der Waals surface area (Å²) in [4.78, 5) is 0. The van der Waals surface area contributed by atoms with Gasteiger partial charge in [0.05, 0.1) is 0 Å². The molecule has 0 unspecified atom stereocenters. The van der Waals surface area contributed by atoms with Gasteiger partial charge < -0.3 is 0 Å². The fourth-order valence-electron chi connectivity index (χ4n) is 3.36. The predicted molar refractivity (Wildman–Crippen MR) is 94.5 cm³/mol. The van der Waals surface area contributed by atoms with Crippen LogP contribution in [0.15, 0.2) is 46.6 Å². The van der Waals surface area contributed by atoms with Crippen LogP contribution in [0.3, 0.4) is 0 Å². The Kier molecular flexibility index (Phi) is 7.06. The molecule has 0 radical (unpaired) electrons. The van der Waals surface area contributed by atoms with E-state index < -0.39 is 0 Å². The summed E-state index contributed by atoms with van der Waals surface area (Å²) in [5.74, 6) is 0. The monoisotopic (exact) mass is 284 g/mol. The van der Waals surface area contributed by atoms with Crippen molar-refractivity contribution in [3.63, 3.8) is 0 Å². The van der Waals surface area contributed by atoms with E-state index >= 15 is 0 Å². The van der Waals surface area contributed by atoms with Crippen molar-refractivity contribution in [2.24, 2.45) is 0 Å². The van der Waals surface area contributed by atoms with Crippen LogP contribution in [0.1, 0.15) is 84.5 Å². The van der Waals surface area contributed by atoms with E-state index in [2.05, 4.69) is 38.2 Å². The topological polar surface area (TPSA) is 0 Å². The predicted octanol–water partition coefficient (Wildman–Crippen LogP) is 7.05. The van der Waals surface area contributed by atoms with Crippen molar-refractivity contribution >= 4 is 0 Å². The second kappa shape index (κ2) is 9.07. The molecule has 0 heterocycles.